The summed E-state index contributed by atoms with van der Waals surface area (Å²) in [4.78, 5) is 19.3. The average molecular weight is 371 g/mol. The fourth-order valence-corrected chi connectivity index (χ4v) is 5.15. The molecule has 5 heteroatoms. The third-order valence-corrected chi connectivity index (χ3v) is 6.66. The van der Waals surface area contributed by atoms with Gasteiger partial charge in [0.2, 0.25) is 0 Å². The van der Waals surface area contributed by atoms with E-state index in [0.29, 0.717) is 12.0 Å². The van der Waals surface area contributed by atoms with Crippen molar-refractivity contribution in [2.24, 2.45) is 5.92 Å². The Morgan fingerprint density at radius 1 is 1.19 bits per heavy atom. The minimum absolute atomic E-state index is 0.138. The van der Waals surface area contributed by atoms with Gasteiger partial charge in [-0.2, -0.15) is 0 Å². The van der Waals surface area contributed by atoms with Crippen LogP contribution in [0, 0.1) is 12.8 Å². The molecule has 1 aromatic carbocycles. The third kappa shape index (κ3) is 3.78. The largest absolute Gasteiger partial charge is 0.484 e. The standard InChI is InChI=1S/C21H26N2O2S/c1-15-14-26-21(22-15)17-8-10-18(11-9-17)25-13-20(24)23-12-4-6-16-5-2-3-7-19(16)23/h8-11,14,16,19H,2-7,12-13H2,1H3/t16-,19+/m1/s1. The van der Waals surface area contributed by atoms with Crippen LogP contribution in [0.15, 0.2) is 29.6 Å². The first-order chi connectivity index (χ1) is 12.7. The normalized spacial score (nSPS) is 22.7. The maximum atomic E-state index is 12.7. The molecule has 1 saturated heterocycles. The molecule has 2 aliphatic rings. The molecule has 0 unspecified atom stereocenters. The van der Waals surface area contributed by atoms with Crippen molar-refractivity contribution in [1.82, 2.24) is 9.88 Å². The minimum Gasteiger partial charge on any atom is -0.484 e. The van der Waals surface area contributed by atoms with Crippen LogP contribution in [0.4, 0.5) is 0 Å². The van der Waals surface area contributed by atoms with Crippen LogP contribution < -0.4 is 4.74 Å². The van der Waals surface area contributed by atoms with Gasteiger partial charge in [-0.15, -0.1) is 11.3 Å². The second kappa shape index (κ2) is 7.78. The molecule has 0 spiro atoms. The number of carbonyl (C=O) groups excluding carboxylic acids is 1. The number of aryl methyl sites for hydroxylation is 1. The summed E-state index contributed by atoms with van der Waals surface area (Å²) in [5.74, 6) is 1.59. The SMILES string of the molecule is Cc1csc(-c2ccc(OCC(=O)N3CCC[C@H]4CCCC[C@@H]43)cc2)n1. The third-order valence-electron chi connectivity index (χ3n) is 5.65. The Balaban J connectivity index is 1.35. The van der Waals surface area contributed by atoms with E-state index < -0.39 is 0 Å². The molecule has 1 saturated carbocycles. The average Bonchev–Trinajstić information content (AvgIpc) is 3.12. The predicted octanol–water partition coefficient (Wildman–Crippen LogP) is 4.68. The number of aromatic nitrogens is 1. The first kappa shape index (κ1) is 17.5. The number of rotatable bonds is 4. The van der Waals surface area contributed by atoms with Crippen LogP contribution in [0.3, 0.4) is 0 Å². The highest BCUT2D eigenvalue weighted by Gasteiger charge is 2.35. The highest BCUT2D eigenvalue weighted by molar-refractivity contribution is 7.13. The molecule has 0 radical (unpaired) electrons. The van der Waals surface area contributed by atoms with Crippen LogP contribution in [-0.2, 0) is 4.79 Å². The molecule has 4 nitrogen and oxygen atoms in total. The van der Waals surface area contributed by atoms with Gasteiger partial charge < -0.3 is 9.64 Å². The monoisotopic (exact) mass is 370 g/mol. The van der Waals surface area contributed by atoms with Gasteiger partial charge in [-0.3, -0.25) is 4.79 Å². The van der Waals surface area contributed by atoms with Gasteiger partial charge in [-0.1, -0.05) is 12.8 Å². The van der Waals surface area contributed by atoms with Crippen LogP contribution in [0.25, 0.3) is 10.6 Å². The highest BCUT2D eigenvalue weighted by Crippen LogP contribution is 2.35. The van der Waals surface area contributed by atoms with Crippen LogP contribution >= 0.6 is 11.3 Å². The Kier molecular flexibility index (Phi) is 5.25. The van der Waals surface area contributed by atoms with E-state index in [1.807, 2.05) is 31.2 Å². The molecule has 26 heavy (non-hydrogen) atoms. The highest BCUT2D eigenvalue weighted by atomic mass is 32.1. The number of amides is 1. The molecule has 138 valence electrons. The van der Waals surface area contributed by atoms with Crippen molar-refractivity contribution in [3.63, 3.8) is 0 Å². The van der Waals surface area contributed by atoms with Crippen molar-refractivity contribution in [3.8, 4) is 16.3 Å². The van der Waals surface area contributed by atoms with Gasteiger partial charge in [0.1, 0.15) is 10.8 Å². The number of thiazole rings is 1. The zero-order chi connectivity index (χ0) is 17.9. The summed E-state index contributed by atoms with van der Waals surface area (Å²) in [6, 6.07) is 8.33. The van der Waals surface area contributed by atoms with Crippen molar-refractivity contribution in [2.75, 3.05) is 13.2 Å². The van der Waals surface area contributed by atoms with E-state index in [2.05, 4.69) is 15.3 Å². The topological polar surface area (TPSA) is 42.4 Å². The van der Waals surface area contributed by atoms with Crippen molar-refractivity contribution in [3.05, 3.63) is 35.3 Å². The number of benzene rings is 1. The summed E-state index contributed by atoms with van der Waals surface area (Å²) in [5.41, 5.74) is 2.13. The number of hydrogen-bond acceptors (Lipinski definition) is 4. The number of carbonyl (C=O) groups is 1. The van der Waals surface area contributed by atoms with E-state index in [0.717, 1.165) is 35.0 Å². The van der Waals surface area contributed by atoms with E-state index in [4.69, 9.17) is 4.74 Å². The first-order valence-corrected chi connectivity index (χ1v) is 10.5. The van der Waals surface area contributed by atoms with Gasteiger partial charge in [-0.05, 0) is 62.8 Å². The van der Waals surface area contributed by atoms with E-state index in [-0.39, 0.29) is 12.5 Å². The number of nitrogens with zero attached hydrogens (tertiary/aromatic N) is 2. The summed E-state index contributed by atoms with van der Waals surface area (Å²) in [5, 5.41) is 3.07. The Labute approximate surface area is 159 Å². The smallest absolute Gasteiger partial charge is 0.260 e. The summed E-state index contributed by atoms with van der Waals surface area (Å²) in [6.07, 6.45) is 7.45. The van der Waals surface area contributed by atoms with E-state index >= 15 is 0 Å². The lowest BCUT2D eigenvalue weighted by Crippen LogP contribution is -2.51. The molecule has 0 N–H and O–H groups in total. The Morgan fingerprint density at radius 2 is 1.96 bits per heavy atom. The molecule has 1 aliphatic carbocycles. The molecule has 1 amide bonds. The lowest BCUT2D eigenvalue weighted by atomic mass is 9.78. The Hall–Kier alpha value is -1.88. The van der Waals surface area contributed by atoms with E-state index in [1.165, 1.54) is 32.1 Å². The number of ether oxygens (including phenoxy) is 1. The zero-order valence-corrected chi connectivity index (χ0v) is 16.1. The lowest BCUT2D eigenvalue weighted by molar-refractivity contribution is -0.139. The first-order valence-electron chi connectivity index (χ1n) is 9.65. The van der Waals surface area contributed by atoms with Crippen LogP contribution in [0.2, 0.25) is 0 Å². The van der Waals surface area contributed by atoms with E-state index in [1.54, 1.807) is 11.3 Å². The second-order valence-corrected chi connectivity index (χ2v) is 8.31. The molecule has 2 aromatic rings. The maximum Gasteiger partial charge on any atom is 0.260 e. The van der Waals surface area contributed by atoms with Gasteiger partial charge >= 0.3 is 0 Å². The number of piperidine rings is 1. The fourth-order valence-electron chi connectivity index (χ4n) is 4.34. The summed E-state index contributed by atoms with van der Waals surface area (Å²) in [6.45, 7) is 3.03. The summed E-state index contributed by atoms with van der Waals surface area (Å²) < 4.78 is 5.79. The van der Waals surface area contributed by atoms with Crippen molar-refractivity contribution >= 4 is 17.2 Å². The van der Waals surface area contributed by atoms with Gasteiger partial charge in [0.05, 0.1) is 0 Å². The molecule has 2 fully saturated rings. The molecular weight excluding hydrogens is 344 g/mol. The molecule has 1 aliphatic heterocycles. The molecule has 4 rings (SSSR count). The number of hydrogen-bond donors (Lipinski definition) is 0. The molecule has 2 atom stereocenters. The van der Waals surface area contributed by atoms with Gasteiger partial charge in [0.25, 0.3) is 5.91 Å². The van der Waals surface area contributed by atoms with Gasteiger partial charge in [0.15, 0.2) is 6.61 Å². The zero-order valence-electron chi connectivity index (χ0n) is 15.3. The quantitative estimate of drug-likeness (QED) is 0.785. The Bertz CT molecular complexity index is 754. The van der Waals surface area contributed by atoms with Crippen molar-refractivity contribution in [1.29, 1.82) is 0 Å². The fraction of sp³-hybridized carbons (Fsp3) is 0.524. The Morgan fingerprint density at radius 3 is 2.73 bits per heavy atom. The van der Waals surface area contributed by atoms with Gasteiger partial charge in [-0.25, -0.2) is 4.98 Å². The van der Waals surface area contributed by atoms with E-state index in [9.17, 15) is 4.79 Å². The predicted molar refractivity (Wildman–Crippen MR) is 104 cm³/mol. The molecule has 1 aromatic heterocycles. The maximum absolute atomic E-state index is 12.7. The molecule has 0 bridgehead atoms. The second-order valence-electron chi connectivity index (χ2n) is 7.45. The molecular formula is C21H26N2O2S. The van der Waals surface area contributed by atoms with Crippen molar-refractivity contribution < 1.29 is 9.53 Å². The summed E-state index contributed by atoms with van der Waals surface area (Å²) in [7, 11) is 0. The van der Waals surface area contributed by atoms with Crippen LogP contribution in [0.1, 0.15) is 44.2 Å². The summed E-state index contributed by atoms with van der Waals surface area (Å²) >= 11 is 1.64. The number of likely N-dealkylation sites (tertiary alicyclic amines) is 1. The van der Waals surface area contributed by atoms with Gasteiger partial charge in [0, 0.05) is 29.2 Å². The molecule has 2 heterocycles. The van der Waals surface area contributed by atoms with Crippen LogP contribution in [0.5, 0.6) is 5.75 Å². The number of fused-ring (bicyclic) bond motifs is 1. The van der Waals surface area contributed by atoms with Crippen molar-refractivity contribution in [2.45, 2.75) is 51.5 Å². The van der Waals surface area contributed by atoms with Crippen LogP contribution in [-0.4, -0.2) is 35.0 Å². The lowest BCUT2D eigenvalue weighted by Gasteiger charge is -2.44. The minimum atomic E-state index is 0.138.